The summed E-state index contributed by atoms with van der Waals surface area (Å²) in [7, 11) is 0. The van der Waals surface area contributed by atoms with Gasteiger partial charge in [0.15, 0.2) is 23.0 Å². The monoisotopic (exact) mass is 366 g/mol. The van der Waals surface area contributed by atoms with Crippen LogP contribution in [0.1, 0.15) is 28.7 Å². The van der Waals surface area contributed by atoms with Crippen LogP contribution in [0.4, 0.5) is 0 Å². The molecule has 1 aliphatic carbocycles. The third-order valence-corrected chi connectivity index (χ3v) is 5.47. The molecule has 27 heavy (non-hydrogen) atoms. The number of hydrogen-bond acceptors (Lipinski definition) is 7. The van der Waals surface area contributed by atoms with E-state index in [9.17, 15) is 9.90 Å². The molecular weight excluding hydrogens is 352 g/mol. The third-order valence-electron chi connectivity index (χ3n) is 5.47. The molecule has 7 nitrogen and oxygen atoms in total. The first-order valence-corrected chi connectivity index (χ1v) is 8.62. The number of benzene rings is 2. The van der Waals surface area contributed by atoms with Crippen molar-refractivity contribution < 1.29 is 33.6 Å². The predicted molar refractivity (Wildman–Crippen MR) is 89.9 cm³/mol. The van der Waals surface area contributed by atoms with Crippen LogP contribution < -0.4 is 18.9 Å². The van der Waals surface area contributed by atoms with Gasteiger partial charge in [-0.25, -0.2) is 4.79 Å². The Bertz CT molecular complexity index is 1040. The van der Waals surface area contributed by atoms with E-state index in [4.69, 9.17) is 23.7 Å². The second kappa shape index (κ2) is 5.17. The number of esters is 1. The number of ether oxygens (including phenoxy) is 5. The molecule has 0 radical (unpaired) electrons. The molecule has 3 aliphatic heterocycles. The Morgan fingerprint density at radius 2 is 1.67 bits per heavy atom. The maximum absolute atomic E-state index is 12.6. The second-order valence-corrected chi connectivity index (χ2v) is 6.77. The summed E-state index contributed by atoms with van der Waals surface area (Å²) < 4.78 is 27.4. The van der Waals surface area contributed by atoms with Gasteiger partial charge in [-0.15, -0.1) is 0 Å². The fraction of sp³-hybridized carbons (Fsp3) is 0.250. The lowest BCUT2D eigenvalue weighted by atomic mass is 9.73. The summed E-state index contributed by atoms with van der Waals surface area (Å²) in [6, 6.07) is 9.18. The highest BCUT2D eigenvalue weighted by Gasteiger charge is 2.45. The zero-order valence-corrected chi connectivity index (χ0v) is 14.1. The lowest BCUT2D eigenvalue weighted by Crippen LogP contribution is -2.21. The van der Waals surface area contributed by atoms with Gasteiger partial charge in [0.1, 0.15) is 12.7 Å². The topological polar surface area (TPSA) is 83.5 Å². The number of aliphatic hydroxyl groups is 1. The highest BCUT2D eigenvalue weighted by Crippen LogP contribution is 2.54. The summed E-state index contributed by atoms with van der Waals surface area (Å²) in [6.45, 7) is 0.359. The van der Waals surface area contributed by atoms with Crippen LogP contribution in [-0.4, -0.2) is 31.3 Å². The number of carbonyl (C=O) groups is 1. The van der Waals surface area contributed by atoms with E-state index >= 15 is 0 Å². The summed E-state index contributed by atoms with van der Waals surface area (Å²) in [4.78, 5) is 12.6. The Morgan fingerprint density at radius 3 is 2.59 bits per heavy atom. The van der Waals surface area contributed by atoms with Crippen LogP contribution in [-0.2, 0) is 9.53 Å². The Kier molecular flexibility index (Phi) is 2.86. The van der Waals surface area contributed by atoms with E-state index in [2.05, 4.69) is 0 Å². The molecule has 2 aromatic carbocycles. The molecule has 3 heterocycles. The zero-order chi connectivity index (χ0) is 18.1. The summed E-state index contributed by atoms with van der Waals surface area (Å²) in [5.41, 5.74) is 3.31. The average Bonchev–Trinajstić information content (AvgIpc) is 3.41. The number of hydrogen-bond donors (Lipinski definition) is 1. The van der Waals surface area contributed by atoms with Crippen LogP contribution in [0.5, 0.6) is 23.0 Å². The number of rotatable bonds is 1. The van der Waals surface area contributed by atoms with Crippen molar-refractivity contribution in [2.24, 2.45) is 0 Å². The molecule has 0 saturated heterocycles. The van der Waals surface area contributed by atoms with Gasteiger partial charge < -0.3 is 28.8 Å². The maximum atomic E-state index is 12.6. The first kappa shape index (κ1) is 14.9. The highest BCUT2D eigenvalue weighted by molar-refractivity contribution is 5.96. The SMILES string of the molecule is O=C1OCC2=C1[C@@H](c1ccc3c(c1)OCO3)c1c(ccc3c1OCO3)[C@@H]2O. The van der Waals surface area contributed by atoms with E-state index in [1.807, 2.05) is 24.3 Å². The summed E-state index contributed by atoms with van der Waals surface area (Å²) in [6.07, 6.45) is -0.916. The fourth-order valence-corrected chi connectivity index (χ4v) is 4.26. The minimum absolute atomic E-state index is 0.0876. The minimum Gasteiger partial charge on any atom is -0.458 e. The Hall–Kier alpha value is -3.19. The predicted octanol–water partition coefficient (Wildman–Crippen LogP) is 2.18. The van der Waals surface area contributed by atoms with Crippen LogP contribution in [0.25, 0.3) is 0 Å². The van der Waals surface area contributed by atoms with Gasteiger partial charge in [-0.1, -0.05) is 12.1 Å². The van der Waals surface area contributed by atoms with Gasteiger partial charge in [0, 0.05) is 17.1 Å². The van der Waals surface area contributed by atoms with E-state index in [0.29, 0.717) is 39.7 Å². The quantitative estimate of drug-likeness (QED) is 0.775. The summed E-state index contributed by atoms with van der Waals surface area (Å²) >= 11 is 0. The number of carbonyl (C=O) groups excluding carboxylic acids is 1. The Morgan fingerprint density at radius 1 is 0.889 bits per heavy atom. The van der Waals surface area contributed by atoms with Crippen LogP contribution in [0, 0.1) is 0 Å². The van der Waals surface area contributed by atoms with Crippen molar-refractivity contribution in [3.05, 3.63) is 58.2 Å². The molecule has 0 spiro atoms. The van der Waals surface area contributed by atoms with Crippen molar-refractivity contribution >= 4 is 5.97 Å². The van der Waals surface area contributed by atoms with Crippen LogP contribution >= 0.6 is 0 Å². The average molecular weight is 366 g/mol. The summed E-state index contributed by atoms with van der Waals surface area (Å²) in [5.74, 6) is 1.57. The van der Waals surface area contributed by atoms with Gasteiger partial charge in [0.05, 0.1) is 5.57 Å². The Balaban J connectivity index is 1.63. The number of aliphatic hydroxyl groups excluding tert-OH is 1. The molecule has 0 bridgehead atoms. The van der Waals surface area contributed by atoms with Gasteiger partial charge in [-0.2, -0.15) is 0 Å². The third kappa shape index (κ3) is 1.92. The van der Waals surface area contributed by atoms with E-state index in [-0.39, 0.29) is 20.2 Å². The molecule has 0 aromatic heterocycles. The molecule has 0 fully saturated rings. The standard InChI is InChI=1S/C20H14O7/c21-18-10-2-4-13-19(27-8-25-13)16(10)15(17-11(18)6-23-20(17)22)9-1-3-12-14(5-9)26-7-24-12/h1-5,15,18,21H,6-8H2/t15-,18-/m0/s1. The molecule has 0 saturated carbocycles. The van der Waals surface area contributed by atoms with Gasteiger partial charge in [-0.05, 0) is 29.3 Å². The van der Waals surface area contributed by atoms with Gasteiger partial charge in [0.2, 0.25) is 13.6 Å². The van der Waals surface area contributed by atoms with Crippen LogP contribution in [0.3, 0.4) is 0 Å². The zero-order valence-electron chi connectivity index (χ0n) is 14.1. The van der Waals surface area contributed by atoms with Gasteiger partial charge in [-0.3, -0.25) is 0 Å². The number of fused-ring (bicyclic) bond motifs is 4. The molecule has 6 rings (SSSR count). The molecule has 4 aliphatic rings. The molecule has 0 amide bonds. The molecule has 1 N–H and O–H groups in total. The molecule has 2 aromatic rings. The van der Waals surface area contributed by atoms with E-state index in [1.165, 1.54) is 0 Å². The van der Waals surface area contributed by atoms with Crippen LogP contribution in [0.2, 0.25) is 0 Å². The highest BCUT2D eigenvalue weighted by atomic mass is 16.7. The molecular formula is C20H14O7. The van der Waals surface area contributed by atoms with Crippen LogP contribution in [0.15, 0.2) is 41.5 Å². The molecule has 2 atom stereocenters. The van der Waals surface area contributed by atoms with E-state index in [1.54, 1.807) is 6.07 Å². The van der Waals surface area contributed by atoms with Crippen molar-refractivity contribution in [3.63, 3.8) is 0 Å². The first-order chi connectivity index (χ1) is 13.2. The van der Waals surface area contributed by atoms with Crippen molar-refractivity contribution in [3.8, 4) is 23.0 Å². The second-order valence-electron chi connectivity index (χ2n) is 6.77. The molecule has 7 heteroatoms. The lowest BCUT2D eigenvalue weighted by Gasteiger charge is -2.30. The van der Waals surface area contributed by atoms with Gasteiger partial charge >= 0.3 is 5.97 Å². The van der Waals surface area contributed by atoms with Crippen molar-refractivity contribution in [1.82, 2.24) is 0 Å². The molecule has 136 valence electrons. The first-order valence-electron chi connectivity index (χ1n) is 8.62. The maximum Gasteiger partial charge on any atom is 0.335 e. The minimum atomic E-state index is -0.916. The largest absolute Gasteiger partial charge is 0.458 e. The van der Waals surface area contributed by atoms with Crippen molar-refractivity contribution in [1.29, 1.82) is 0 Å². The number of cyclic esters (lactones) is 1. The van der Waals surface area contributed by atoms with E-state index < -0.39 is 18.0 Å². The molecule has 0 unspecified atom stereocenters. The van der Waals surface area contributed by atoms with Gasteiger partial charge in [0.25, 0.3) is 0 Å². The summed E-state index contributed by atoms with van der Waals surface area (Å²) in [5, 5.41) is 10.9. The Labute approximate surface area is 153 Å². The fourth-order valence-electron chi connectivity index (χ4n) is 4.26. The lowest BCUT2D eigenvalue weighted by molar-refractivity contribution is -0.136. The normalized spacial score (nSPS) is 24.0. The smallest absolute Gasteiger partial charge is 0.335 e. The van der Waals surface area contributed by atoms with Crippen molar-refractivity contribution in [2.45, 2.75) is 12.0 Å². The van der Waals surface area contributed by atoms with E-state index in [0.717, 1.165) is 11.1 Å². The van der Waals surface area contributed by atoms with Crippen molar-refractivity contribution in [2.75, 3.05) is 20.2 Å².